The number of hydrogen-bond donors (Lipinski definition) is 4. The Bertz CT molecular complexity index is 521. The quantitative estimate of drug-likeness (QED) is 0.497. The summed E-state index contributed by atoms with van der Waals surface area (Å²) < 4.78 is 0. The average molecular weight is 307 g/mol. The van der Waals surface area contributed by atoms with E-state index in [1.165, 1.54) is 31.4 Å². The minimum absolute atomic E-state index is 0.0550. The predicted octanol–water partition coefficient (Wildman–Crippen LogP) is 2.08. The number of thiocarbonyl (C=S) groups is 1. The third kappa shape index (κ3) is 4.60. The summed E-state index contributed by atoms with van der Waals surface area (Å²) in [4.78, 5) is 11.9. The first-order valence-electron chi connectivity index (χ1n) is 7.22. The normalized spacial score (nSPS) is 21.4. The zero-order chi connectivity index (χ0) is 15.2. The minimum Gasteiger partial charge on any atom is -0.508 e. The zero-order valence-electron chi connectivity index (χ0n) is 12.1. The molecular formula is C15H21N3O2S. The van der Waals surface area contributed by atoms with Crippen LogP contribution in [0.1, 0.15) is 43.0 Å². The maximum Gasteiger partial charge on any atom is 0.269 e. The fourth-order valence-corrected chi connectivity index (χ4v) is 2.77. The summed E-state index contributed by atoms with van der Waals surface area (Å²) in [6, 6.07) is 6.51. The Hall–Kier alpha value is -1.82. The molecule has 0 unspecified atom stereocenters. The molecule has 0 aliphatic heterocycles. The van der Waals surface area contributed by atoms with Gasteiger partial charge in [0, 0.05) is 11.6 Å². The molecule has 2 rings (SSSR count). The van der Waals surface area contributed by atoms with Crippen molar-refractivity contribution in [3.05, 3.63) is 29.8 Å². The van der Waals surface area contributed by atoms with Crippen LogP contribution in [0.5, 0.6) is 5.75 Å². The summed E-state index contributed by atoms with van der Waals surface area (Å²) in [5.74, 6) is 0.298. The lowest BCUT2D eigenvalue weighted by molar-refractivity contribution is 0.0943. The molecule has 1 saturated carbocycles. The smallest absolute Gasteiger partial charge is 0.269 e. The lowest BCUT2D eigenvalue weighted by Gasteiger charge is -2.30. The lowest BCUT2D eigenvalue weighted by Crippen LogP contribution is -2.51. The van der Waals surface area contributed by atoms with Crippen LogP contribution in [0.2, 0.25) is 0 Å². The molecule has 1 aliphatic rings. The van der Waals surface area contributed by atoms with E-state index in [1.807, 2.05) is 0 Å². The van der Waals surface area contributed by atoms with Gasteiger partial charge in [0.1, 0.15) is 5.75 Å². The Morgan fingerprint density at radius 2 is 2.05 bits per heavy atom. The summed E-state index contributed by atoms with van der Waals surface area (Å²) in [5, 5.41) is 13.0. The number of benzene rings is 1. The van der Waals surface area contributed by atoms with Crippen LogP contribution in [0.25, 0.3) is 0 Å². The number of aromatic hydroxyl groups is 1. The van der Waals surface area contributed by atoms with Crippen molar-refractivity contribution in [3.63, 3.8) is 0 Å². The van der Waals surface area contributed by atoms with Crippen LogP contribution in [0.4, 0.5) is 0 Å². The van der Waals surface area contributed by atoms with Crippen LogP contribution in [0, 0.1) is 5.92 Å². The molecule has 0 spiro atoms. The van der Waals surface area contributed by atoms with Gasteiger partial charge in [0.2, 0.25) is 0 Å². The van der Waals surface area contributed by atoms with Crippen LogP contribution in [-0.4, -0.2) is 22.2 Å². The topological polar surface area (TPSA) is 73.4 Å². The van der Waals surface area contributed by atoms with Crippen LogP contribution in [0.3, 0.4) is 0 Å². The third-order valence-electron chi connectivity index (χ3n) is 3.83. The second-order valence-corrected chi connectivity index (χ2v) is 5.88. The van der Waals surface area contributed by atoms with Gasteiger partial charge in [0.05, 0.1) is 0 Å². The average Bonchev–Trinajstić information content (AvgIpc) is 2.47. The van der Waals surface area contributed by atoms with E-state index >= 15 is 0 Å². The van der Waals surface area contributed by atoms with E-state index in [-0.39, 0.29) is 11.7 Å². The van der Waals surface area contributed by atoms with Crippen LogP contribution in [0.15, 0.2) is 24.3 Å². The van der Waals surface area contributed by atoms with E-state index in [0.29, 0.717) is 22.6 Å². The number of hydrogen-bond acceptors (Lipinski definition) is 3. The van der Waals surface area contributed by atoms with Crippen molar-refractivity contribution in [3.8, 4) is 5.75 Å². The van der Waals surface area contributed by atoms with E-state index in [9.17, 15) is 9.90 Å². The van der Waals surface area contributed by atoms with Crippen molar-refractivity contribution in [1.82, 2.24) is 16.2 Å². The van der Waals surface area contributed by atoms with Crippen molar-refractivity contribution >= 4 is 23.2 Å². The van der Waals surface area contributed by atoms with E-state index in [1.54, 1.807) is 12.1 Å². The molecule has 0 aromatic heterocycles. The molecule has 0 heterocycles. The molecule has 0 saturated heterocycles. The molecular weight excluding hydrogens is 286 g/mol. The summed E-state index contributed by atoms with van der Waals surface area (Å²) >= 11 is 5.20. The Balaban J connectivity index is 1.79. The lowest BCUT2D eigenvalue weighted by atomic mass is 9.86. The summed E-state index contributed by atoms with van der Waals surface area (Å²) in [6.07, 6.45) is 4.79. The number of hydrazine groups is 1. The van der Waals surface area contributed by atoms with Gasteiger partial charge in [-0.1, -0.05) is 25.8 Å². The fraction of sp³-hybridized carbons (Fsp3) is 0.467. The summed E-state index contributed by atoms with van der Waals surface area (Å²) in [5.41, 5.74) is 5.61. The van der Waals surface area contributed by atoms with Gasteiger partial charge in [-0.25, -0.2) is 0 Å². The maximum absolute atomic E-state index is 11.9. The number of carbonyl (C=O) groups is 1. The maximum atomic E-state index is 11.9. The highest BCUT2D eigenvalue weighted by atomic mass is 32.1. The highest BCUT2D eigenvalue weighted by Gasteiger charge is 2.21. The molecule has 1 amide bonds. The van der Waals surface area contributed by atoms with Crippen LogP contribution in [-0.2, 0) is 0 Å². The van der Waals surface area contributed by atoms with Gasteiger partial charge in [0.25, 0.3) is 5.91 Å². The molecule has 2 atom stereocenters. The SMILES string of the molecule is C[C@H]1CCCC[C@@H]1NC(=S)NNC(=O)c1cccc(O)c1. The van der Waals surface area contributed by atoms with Crippen LogP contribution >= 0.6 is 12.2 Å². The van der Waals surface area contributed by atoms with Gasteiger partial charge >= 0.3 is 0 Å². The second kappa shape index (κ2) is 7.26. The Morgan fingerprint density at radius 1 is 1.29 bits per heavy atom. The van der Waals surface area contributed by atoms with Gasteiger partial charge in [-0.05, 0) is 49.2 Å². The van der Waals surface area contributed by atoms with E-state index in [2.05, 4.69) is 23.1 Å². The molecule has 5 nitrogen and oxygen atoms in total. The second-order valence-electron chi connectivity index (χ2n) is 5.47. The Kier molecular flexibility index (Phi) is 5.38. The number of nitrogens with one attached hydrogen (secondary N) is 3. The Labute approximate surface area is 130 Å². The standard InChI is InChI=1S/C15H21N3O2S/c1-10-5-2-3-8-13(10)16-15(21)18-17-14(20)11-6-4-7-12(19)9-11/h4,6-7,9-10,13,19H,2-3,5,8H2,1H3,(H,17,20)(H2,16,18,21)/t10-,13-/m0/s1. The fourth-order valence-electron chi connectivity index (χ4n) is 2.57. The van der Waals surface area contributed by atoms with E-state index in [4.69, 9.17) is 12.2 Å². The van der Waals surface area contributed by atoms with E-state index < -0.39 is 0 Å². The summed E-state index contributed by atoms with van der Waals surface area (Å²) in [6.45, 7) is 2.21. The molecule has 1 aliphatic carbocycles. The first kappa shape index (κ1) is 15.6. The highest BCUT2D eigenvalue weighted by Crippen LogP contribution is 2.23. The molecule has 0 bridgehead atoms. The molecule has 1 fully saturated rings. The monoisotopic (exact) mass is 307 g/mol. The molecule has 1 aromatic carbocycles. The first-order chi connectivity index (χ1) is 10.1. The van der Waals surface area contributed by atoms with Gasteiger partial charge in [-0.2, -0.15) is 0 Å². The number of rotatable bonds is 2. The number of amides is 1. The molecule has 1 aromatic rings. The Morgan fingerprint density at radius 3 is 2.76 bits per heavy atom. The molecule has 6 heteroatoms. The van der Waals surface area contributed by atoms with Gasteiger partial charge in [-0.15, -0.1) is 0 Å². The third-order valence-corrected chi connectivity index (χ3v) is 4.05. The molecule has 4 N–H and O–H groups in total. The largest absolute Gasteiger partial charge is 0.508 e. The minimum atomic E-state index is -0.341. The van der Waals surface area contributed by atoms with Crippen molar-refractivity contribution in [1.29, 1.82) is 0 Å². The molecule has 0 radical (unpaired) electrons. The van der Waals surface area contributed by atoms with Crippen LogP contribution < -0.4 is 16.2 Å². The summed E-state index contributed by atoms with van der Waals surface area (Å²) in [7, 11) is 0. The van der Waals surface area contributed by atoms with Gasteiger partial charge in [-0.3, -0.25) is 15.6 Å². The number of phenols is 1. The van der Waals surface area contributed by atoms with Crippen molar-refractivity contribution in [2.45, 2.75) is 38.6 Å². The first-order valence-corrected chi connectivity index (χ1v) is 7.63. The van der Waals surface area contributed by atoms with Gasteiger partial charge in [0.15, 0.2) is 5.11 Å². The highest BCUT2D eigenvalue weighted by molar-refractivity contribution is 7.80. The van der Waals surface area contributed by atoms with Gasteiger partial charge < -0.3 is 10.4 Å². The number of phenolic OH excluding ortho intramolecular Hbond substituents is 1. The number of carbonyl (C=O) groups excluding carboxylic acids is 1. The van der Waals surface area contributed by atoms with Crippen molar-refractivity contribution in [2.24, 2.45) is 5.92 Å². The van der Waals surface area contributed by atoms with Crippen molar-refractivity contribution < 1.29 is 9.90 Å². The molecule has 114 valence electrons. The van der Waals surface area contributed by atoms with E-state index in [0.717, 1.165) is 6.42 Å². The zero-order valence-corrected chi connectivity index (χ0v) is 12.9. The molecule has 21 heavy (non-hydrogen) atoms. The van der Waals surface area contributed by atoms with Crippen molar-refractivity contribution in [2.75, 3.05) is 0 Å². The predicted molar refractivity (Wildman–Crippen MR) is 85.9 cm³/mol.